The quantitative estimate of drug-likeness (QED) is 0.358. The Morgan fingerprint density at radius 2 is 1.90 bits per heavy atom. The summed E-state index contributed by atoms with van der Waals surface area (Å²) in [4.78, 5) is 35.5. The van der Waals surface area contributed by atoms with E-state index >= 15 is 0 Å². The molecule has 1 aromatic heterocycles. The van der Waals surface area contributed by atoms with E-state index < -0.39 is 0 Å². The molecular formula is C21H34IN5O3. The molecule has 8 nitrogen and oxygen atoms in total. The van der Waals surface area contributed by atoms with Crippen LogP contribution in [-0.2, 0) is 4.79 Å². The summed E-state index contributed by atoms with van der Waals surface area (Å²) in [5.74, 6) is 1.92. The highest BCUT2D eigenvalue weighted by atomic mass is 127. The van der Waals surface area contributed by atoms with Gasteiger partial charge in [-0.15, -0.1) is 24.0 Å². The van der Waals surface area contributed by atoms with Crippen LogP contribution in [-0.4, -0.2) is 84.8 Å². The third-order valence-electron chi connectivity index (χ3n) is 5.53. The number of nitrogens with zero attached hydrogens (tertiary/aromatic N) is 4. The van der Waals surface area contributed by atoms with E-state index in [-0.39, 0.29) is 35.8 Å². The van der Waals surface area contributed by atoms with Gasteiger partial charge >= 0.3 is 0 Å². The van der Waals surface area contributed by atoms with Gasteiger partial charge in [-0.25, -0.2) is 0 Å². The highest BCUT2D eigenvalue weighted by molar-refractivity contribution is 14.0. The lowest BCUT2D eigenvalue weighted by atomic mass is 10.00. The summed E-state index contributed by atoms with van der Waals surface area (Å²) in [6, 6.07) is 3.42. The van der Waals surface area contributed by atoms with Crippen molar-refractivity contribution >= 4 is 41.8 Å². The van der Waals surface area contributed by atoms with Crippen molar-refractivity contribution in [2.75, 3.05) is 52.4 Å². The Morgan fingerprint density at radius 1 is 1.17 bits per heavy atom. The van der Waals surface area contributed by atoms with E-state index in [0.717, 1.165) is 32.0 Å². The number of furan rings is 1. The van der Waals surface area contributed by atoms with Crippen molar-refractivity contribution in [3.63, 3.8) is 0 Å². The van der Waals surface area contributed by atoms with Crippen LogP contribution in [0, 0.1) is 5.92 Å². The van der Waals surface area contributed by atoms with Gasteiger partial charge in [0.15, 0.2) is 11.7 Å². The second-order valence-electron chi connectivity index (χ2n) is 7.83. The van der Waals surface area contributed by atoms with E-state index in [1.807, 2.05) is 11.8 Å². The number of amides is 2. The van der Waals surface area contributed by atoms with Gasteiger partial charge in [-0.3, -0.25) is 14.6 Å². The number of carbonyl (C=O) groups excluding carboxylic acids is 2. The summed E-state index contributed by atoms with van der Waals surface area (Å²) in [5.41, 5.74) is 0. The van der Waals surface area contributed by atoms with Gasteiger partial charge in [0.2, 0.25) is 5.91 Å². The molecule has 9 heteroatoms. The van der Waals surface area contributed by atoms with Crippen LogP contribution in [0.15, 0.2) is 27.8 Å². The molecule has 2 aliphatic rings. The normalized spacial score (nSPS) is 20.0. The van der Waals surface area contributed by atoms with Crippen molar-refractivity contribution in [3.05, 3.63) is 24.2 Å². The molecule has 1 atom stereocenters. The molecule has 2 fully saturated rings. The molecule has 3 heterocycles. The number of piperidine rings is 1. The molecule has 2 aliphatic heterocycles. The minimum atomic E-state index is -0.0713. The molecule has 0 spiro atoms. The summed E-state index contributed by atoms with van der Waals surface area (Å²) in [5, 5.41) is 3.31. The molecule has 168 valence electrons. The van der Waals surface area contributed by atoms with Gasteiger partial charge in [-0.2, -0.15) is 0 Å². The number of hydrogen-bond donors (Lipinski definition) is 1. The molecule has 30 heavy (non-hydrogen) atoms. The predicted molar refractivity (Wildman–Crippen MR) is 127 cm³/mol. The molecule has 2 saturated heterocycles. The van der Waals surface area contributed by atoms with Crippen LogP contribution in [0.4, 0.5) is 0 Å². The SMILES string of the molecule is CCNC(=NCCC(=O)N1CCCC(C)C1)N1CCN(C(=O)c2ccco2)CC1.I. The molecule has 2 amide bonds. The van der Waals surface area contributed by atoms with Gasteiger partial charge < -0.3 is 24.4 Å². The van der Waals surface area contributed by atoms with Crippen molar-refractivity contribution in [1.82, 2.24) is 20.0 Å². The van der Waals surface area contributed by atoms with Crippen molar-refractivity contribution in [1.29, 1.82) is 0 Å². The lowest BCUT2D eigenvalue weighted by Crippen LogP contribution is -2.53. The Kier molecular flexibility index (Phi) is 9.93. The third-order valence-corrected chi connectivity index (χ3v) is 5.53. The lowest BCUT2D eigenvalue weighted by molar-refractivity contribution is -0.132. The summed E-state index contributed by atoms with van der Waals surface area (Å²) in [6.07, 6.45) is 4.27. The van der Waals surface area contributed by atoms with Gasteiger partial charge in [0.05, 0.1) is 12.8 Å². The first-order valence-corrected chi connectivity index (χ1v) is 10.7. The number of guanidine groups is 1. The summed E-state index contributed by atoms with van der Waals surface area (Å²) < 4.78 is 5.22. The Morgan fingerprint density at radius 3 is 2.53 bits per heavy atom. The molecular weight excluding hydrogens is 497 g/mol. The fourth-order valence-electron chi connectivity index (χ4n) is 3.93. The lowest BCUT2D eigenvalue weighted by Gasteiger charge is -2.36. The number of rotatable bonds is 5. The highest BCUT2D eigenvalue weighted by Crippen LogP contribution is 2.16. The number of piperazine rings is 1. The van der Waals surface area contributed by atoms with E-state index in [0.29, 0.717) is 50.8 Å². The minimum absolute atomic E-state index is 0. The smallest absolute Gasteiger partial charge is 0.289 e. The third kappa shape index (κ3) is 6.61. The predicted octanol–water partition coefficient (Wildman–Crippen LogP) is 2.27. The first kappa shape index (κ1) is 24.5. The standard InChI is InChI=1S/C21H33N5O3.HI/c1-3-22-21(23-9-8-19(27)26-10-4-6-17(2)16-26)25-13-11-24(12-14-25)20(28)18-7-5-15-29-18;/h5,7,15,17H,3-4,6,8-14,16H2,1-2H3,(H,22,23);1H. The van der Waals surface area contributed by atoms with Crippen LogP contribution in [0.3, 0.4) is 0 Å². The highest BCUT2D eigenvalue weighted by Gasteiger charge is 2.25. The van der Waals surface area contributed by atoms with Gasteiger partial charge in [0.25, 0.3) is 5.91 Å². The molecule has 0 saturated carbocycles. The van der Waals surface area contributed by atoms with Crippen molar-refractivity contribution in [2.24, 2.45) is 10.9 Å². The number of likely N-dealkylation sites (tertiary alicyclic amines) is 1. The molecule has 3 rings (SSSR count). The Hall–Kier alpha value is -1.78. The van der Waals surface area contributed by atoms with E-state index in [2.05, 4.69) is 22.1 Å². The Bertz CT molecular complexity index is 702. The second kappa shape index (κ2) is 12.2. The van der Waals surface area contributed by atoms with Crippen LogP contribution in [0.1, 0.15) is 43.7 Å². The van der Waals surface area contributed by atoms with Crippen LogP contribution < -0.4 is 5.32 Å². The zero-order valence-electron chi connectivity index (χ0n) is 18.0. The van der Waals surface area contributed by atoms with E-state index in [9.17, 15) is 9.59 Å². The average Bonchev–Trinajstić information content (AvgIpc) is 3.27. The van der Waals surface area contributed by atoms with Crippen LogP contribution in [0.25, 0.3) is 0 Å². The molecule has 1 unspecified atom stereocenters. The van der Waals surface area contributed by atoms with E-state index in [4.69, 9.17) is 4.42 Å². The van der Waals surface area contributed by atoms with Crippen LogP contribution in [0.5, 0.6) is 0 Å². The van der Waals surface area contributed by atoms with E-state index in [1.165, 1.54) is 12.7 Å². The number of halogens is 1. The average molecular weight is 531 g/mol. The van der Waals surface area contributed by atoms with Gasteiger partial charge in [-0.05, 0) is 37.8 Å². The molecule has 0 radical (unpaired) electrons. The topological polar surface area (TPSA) is 81.4 Å². The molecule has 1 aromatic rings. The summed E-state index contributed by atoms with van der Waals surface area (Å²) in [6.45, 7) is 9.88. The van der Waals surface area contributed by atoms with Gasteiger partial charge in [0.1, 0.15) is 0 Å². The number of aliphatic imine (C=N–C) groups is 1. The number of hydrogen-bond acceptors (Lipinski definition) is 4. The maximum atomic E-state index is 12.5. The zero-order valence-corrected chi connectivity index (χ0v) is 20.3. The molecule has 0 aromatic carbocycles. The Balaban J connectivity index is 0.00000320. The Labute approximate surface area is 196 Å². The van der Waals surface area contributed by atoms with Crippen LogP contribution in [0.2, 0.25) is 0 Å². The van der Waals surface area contributed by atoms with E-state index in [1.54, 1.807) is 17.0 Å². The number of carbonyl (C=O) groups is 2. The molecule has 0 bridgehead atoms. The largest absolute Gasteiger partial charge is 0.459 e. The fourth-order valence-corrected chi connectivity index (χ4v) is 3.93. The fraction of sp³-hybridized carbons (Fsp3) is 0.667. The van der Waals surface area contributed by atoms with Crippen molar-refractivity contribution < 1.29 is 14.0 Å². The maximum absolute atomic E-state index is 12.5. The first-order valence-electron chi connectivity index (χ1n) is 10.7. The minimum Gasteiger partial charge on any atom is -0.459 e. The zero-order chi connectivity index (χ0) is 20.6. The summed E-state index contributed by atoms with van der Waals surface area (Å²) >= 11 is 0. The van der Waals surface area contributed by atoms with Crippen molar-refractivity contribution in [3.8, 4) is 0 Å². The molecule has 1 N–H and O–H groups in total. The summed E-state index contributed by atoms with van der Waals surface area (Å²) in [7, 11) is 0. The molecule has 0 aliphatic carbocycles. The van der Waals surface area contributed by atoms with Crippen molar-refractivity contribution in [2.45, 2.75) is 33.1 Å². The second-order valence-corrected chi connectivity index (χ2v) is 7.83. The maximum Gasteiger partial charge on any atom is 0.289 e. The van der Waals surface area contributed by atoms with Gasteiger partial charge in [0, 0.05) is 52.2 Å². The first-order chi connectivity index (χ1) is 14.1. The van der Waals surface area contributed by atoms with Gasteiger partial charge in [-0.1, -0.05) is 6.92 Å². The number of nitrogens with one attached hydrogen (secondary N) is 1. The monoisotopic (exact) mass is 531 g/mol. The van der Waals surface area contributed by atoms with Crippen LogP contribution >= 0.6 is 24.0 Å².